The number of aryl methyl sites for hydroxylation is 1. The molecule has 0 aliphatic heterocycles. The standard InChI is InChI=1S/C19H23N3O/c1-14-20-10-15(11-21-14)17(23)22(4)13-19(12-18(19,2)3)16-8-6-5-7-9-16/h5-11H,12-13H2,1-4H3. The third-order valence-corrected chi connectivity index (χ3v) is 5.12. The molecule has 3 rings (SSSR count). The molecule has 0 radical (unpaired) electrons. The van der Waals surface area contributed by atoms with Crippen LogP contribution >= 0.6 is 0 Å². The molecule has 1 atom stereocenters. The van der Waals surface area contributed by atoms with Crippen molar-refractivity contribution in [2.24, 2.45) is 5.41 Å². The summed E-state index contributed by atoms with van der Waals surface area (Å²) in [4.78, 5) is 22.7. The monoisotopic (exact) mass is 309 g/mol. The fourth-order valence-corrected chi connectivity index (χ4v) is 3.52. The summed E-state index contributed by atoms with van der Waals surface area (Å²) < 4.78 is 0. The Morgan fingerprint density at radius 2 is 1.74 bits per heavy atom. The minimum absolute atomic E-state index is 0.0250. The van der Waals surface area contributed by atoms with Crippen molar-refractivity contribution >= 4 is 5.91 Å². The molecule has 1 amide bonds. The van der Waals surface area contributed by atoms with Crippen molar-refractivity contribution in [3.8, 4) is 0 Å². The second-order valence-electron chi connectivity index (χ2n) is 7.19. The average molecular weight is 309 g/mol. The molecule has 4 heteroatoms. The van der Waals surface area contributed by atoms with Crippen LogP contribution in [0.15, 0.2) is 42.7 Å². The Morgan fingerprint density at radius 3 is 2.26 bits per heavy atom. The lowest BCUT2D eigenvalue weighted by Gasteiger charge is -2.27. The predicted molar refractivity (Wildman–Crippen MR) is 90.2 cm³/mol. The molecule has 1 aliphatic rings. The highest BCUT2D eigenvalue weighted by molar-refractivity contribution is 5.93. The summed E-state index contributed by atoms with van der Waals surface area (Å²) in [6.07, 6.45) is 4.30. The zero-order valence-electron chi connectivity index (χ0n) is 14.2. The minimum Gasteiger partial charge on any atom is -0.341 e. The smallest absolute Gasteiger partial charge is 0.256 e. The fraction of sp³-hybridized carbons (Fsp3) is 0.421. The van der Waals surface area contributed by atoms with Crippen molar-refractivity contribution in [1.29, 1.82) is 0 Å². The van der Waals surface area contributed by atoms with Crippen LogP contribution in [0.25, 0.3) is 0 Å². The number of likely N-dealkylation sites (N-methyl/N-ethyl adjacent to an activating group) is 1. The molecule has 1 aromatic carbocycles. The summed E-state index contributed by atoms with van der Waals surface area (Å²) in [5.74, 6) is 0.649. The number of aromatic nitrogens is 2. The van der Waals surface area contributed by atoms with E-state index in [2.05, 4.69) is 48.1 Å². The lowest BCUT2D eigenvalue weighted by Crippen LogP contribution is -2.36. The van der Waals surface area contributed by atoms with E-state index in [1.165, 1.54) is 5.56 Å². The molecule has 1 aromatic heterocycles. The predicted octanol–water partition coefficient (Wildman–Crippen LogP) is 3.22. The summed E-state index contributed by atoms with van der Waals surface area (Å²) in [5, 5.41) is 0. The Morgan fingerprint density at radius 1 is 1.17 bits per heavy atom. The molecular formula is C19H23N3O. The molecule has 1 saturated carbocycles. The maximum Gasteiger partial charge on any atom is 0.256 e. The van der Waals surface area contributed by atoms with Gasteiger partial charge in [-0.3, -0.25) is 4.79 Å². The van der Waals surface area contributed by atoms with Crippen molar-refractivity contribution in [2.75, 3.05) is 13.6 Å². The zero-order valence-corrected chi connectivity index (χ0v) is 14.2. The Bertz CT molecular complexity index is 709. The molecule has 1 heterocycles. The molecule has 0 bridgehead atoms. The Balaban J connectivity index is 1.82. The fourth-order valence-electron chi connectivity index (χ4n) is 3.52. The van der Waals surface area contributed by atoms with Gasteiger partial charge >= 0.3 is 0 Å². The van der Waals surface area contributed by atoms with Crippen LogP contribution in [0.5, 0.6) is 0 Å². The highest BCUT2D eigenvalue weighted by atomic mass is 16.2. The van der Waals surface area contributed by atoms with Crippen molar-refractivity contribution in [3.05, 3.63) is 59.7 Å². The second-order valence-corrected chi connectivity index (χ2v) is 7.19. The largest absolute Gasteiger partial charge is 0.341 e. The van der Waals surface area contributed by atoms with Gasteiger partial charge in [0.1, 0.15) is 5.82 Å². The van der Waals surface area contributed by atoms with Gasteiger partial charge in [-0.1, -0.05) is 44.2 Å². The van der Waals surface area contributed by atoms with Crippen LogP contribution in [0, 0.1) is 12.3 Å². The third kappa shape index (κ3) is 2.74. The molecule has 23 heavy (non-hydrogen) atoms. The van der Waals surface area contributed by atoms with E-state index in [4.69, 9.17) is 0 Å². The Kier molecular flexibility index (Phi) is 3.71. The van der Waals surface area contributed by atoms with E-state index in [0.717, 1.165) is 6.42 Å². The van der Waals surface area contributed by atoms with E-state index in [0.29, 0.717) is 17.9 Å². The minimum atomic E-state index is -0.0250. The maximum atomic E-state index is 12.6. The summed E-state index contributed by atoms with van der Waals surface area (Å²) in [6, 6.07) is 10.5. The normalized spacial score (nSPS) is 21.7. The van der Waals surface area contributed by atoms with Gasteiger partial charge in [0.15, 0.2) is 0 Å². The first kappa shape index (κ1) is 15.7. The molecule has 0 saturated heterocycles. The van der Waals surface area contributed by atoms with Crippen LogP contribution in [0.3, 0.4) is 0 Å². The van der Waals surface area contributed by atoms with Gasteiger partial charge in [-0.25, -0.2) is 9.97 Å². The van der Waals surface area contributed by atoms with Crippen LogP contribution in [0.2, 0.25) is 0 Å². The molecule has 0 spiro atoms. The van der Waals surface area contributed by atoms with E-state index in [1.807, 2.05) is 20.0 Å². The average Bonchev–Trinajstić information content (AvgIpc) is 3.10. The van der Waals surface area contributed by atoms with E-state index in [-0.39, 0.29) is 16.7 Å². The quantitative estimate of drug-likeness (QED) is 0.871. The Hall–Kier alpha value is -2.23. The maximum absolute atomic E-state index is 12.6. The van der Waals surface area contributed by atoms with Crippen LogP contribution in [0.4, 0.5) is 0 Å². The lowest BCUT2D eigenvalue weighted by atomic mass is 9.87. The third-order valence-electron chi connectivity index (χ3n) is 5.12. The lowest BCUT2D eigenvalue weighted by molar-refractivity contribution is 0.0774. The van der Waals surface area contributed by atoms with Gasteiger partial charge in [-0.2, -0.15) is 0 Å². The van der Waals surface area contributed by atoms with Gasteiger partial charge in [0.05, 0.1) is 5.56 Å². The molecule has 120 valence electrons. The molecule has 1 fully saturated rings. The molecule has 1 unspecified atom stereocenters. The first-order valence-corrected chi connectivity index (χ1v) is 7.95. The topological polar surface area (TPSA) is 46.1 Å². The van der Waals surface area contributed by atoms with E-state index in [9.17, 15) is 4.79 Å². The van der Waals surface area contributed by atoms with E-state index < -0.39 is 0 Å². The Labute approximate surface area is 137 Å². The van der Waals surface area contributed by atoms with Gasteiger partial charge in [-0.15, -0.1) is 0 Å². The number of rotatable bonds is 4. The van der Waals surface area contributed by atoms with Crippen molar-refractivity contribution in [3.63, 3.8) is 0 Å². The number of nitrogens with zero attached hydrogens (tertiary/aromatic N) is 3. The molecule has 0 N–H and O–H groups in total. The van der Waals surface area contributed by atoms with Gasteiger partial charge in [0, 0.05) is 31.4 Å². The summed E-state index contributed by atoms with van der Waals surface area (Å²) in [6.45, 7) is 7.06. The van der Waals surface area contributed by atoms with E-state index >= 15 is 0 Å². The highest BCUT2D eigenvalue weighted by Crippen LogP contribution is 2.64. The number of amides is 1. The molecule has 4 nitrogen and oxygen atoms in total. The zero-order chi connectivity index (χ0) is 16.7. The number of hydrogen-bond donors (Lipinski definition) is 0. The first-order valence-electron chi connectivity index (χ1n) is 7.95. The first-order chi connectivity index (χ1) is 10.9. The number of carbonyl (C=O) groups excluding carboxylic acids is 1. The van der Waals surface area contributed by atoms with Crippen molar-refractivity contribution < 1.29 is 4.79 Å². The number of carbonyl (C=O) groups is 1. The number of benzene rings is 1. The summed E-state index contributed by atoms with van der Waals surface area (Å²) >= 11 is 0. The van der Waals surface area contributed by atoms with Crippen molar-refractivity contribution in [2.45, 2.75) is 32.6 Å². The summed E-state index contributed by atoms with van der Waals surface area (Å²) in [5.41, 5.74) is 2.08. The molecule has 2 aromatic rings. The van der Waals surface area contributed by atoms with Crippen LogP contribution in [0.1, 0.15) is 42.0 Å². The van der Waals surface area contributed by atoms with Gasteiger partial charge < -0.3 is 4.90 Å². The number of hydrogen-bond acceptors (Lipinski definition) is 3. The second kappa shape index (κ2) is 5.44. The van der Waals surface area contributed by atoms with Gasteiger partial charge in [0.2, 0.25) is 0 Å². The van der Waals surface area contributed by atoms with Gasteiger partial charge in [-0.05, 0) is 24.3 Å². The summed E-state index contributed by atoms with van der Waals surface area (Å²) in [7, 11) is 1.86. The highest BCUT2D eigenvalue weighted by Gasteiger charge is 2.62. The van der Waals surface area contributed by atoms with Crippen LogP contribution in [-0.2, 0) is 5.41 Å². The van der Waals surface area contributed by atoms with E-state index in [1.54, 1.807) is 17.3 Å². The van der Waals surface area contributed by atoms with Gasteiger partial charge in [0.25, 0.3) is 5.91 Å². The SMILES string of the molecule is Cc1ncc(C(=O)N(C)CC2(c3ccccc3)CC2(C)C)cn1. The van der Waals surface area contributed by atoms with Crippen LogP contribution < -0.4 is 0 Å². The molecular weight excluding hydrogens is 286 g/mol. The van der Waals surface area contributed by atoms with Crippen molar-refractivity contribution in [1.82, 2.24) is 14.9 Å². The molecule has 1 aliphatic carbocycles. The van der Waals surface area contributed by atoms with Crippen LogP contribution in [-0.4, -0.2) is 34.4 Å².